The molecule has 4 rings (SSSR count). The number of halogens is 1. The summed E-state index contributed by atoms with van der Waals surface area (Å²) in [5.74, 6) is 1.31. The Morgan fingerprint density at radius 2 is 1.83 bits per heavy atom. The van der Waals surface area contributed by atoms with Gasteiger partial charge in [0.1, 0.15) is 0 Å². The molecule has 0 amide bonds. The number of rotatable bonds is 1. The van der Waals surface area contributed by atoms with Gasteiger partial charge in [-0.1, -0.05) is 80.4 Å². The first-order chi connectivity index (χ1) is 11.5. The SMILES string of the molecule is CC(C)/C=C1\CC(C)CCC12c1ccccc1-c1cccc(Cl)c12. The van der Waals surface area contributed by atoms with E-state index in [1.165, 1.54) is 41.5 Å². The maximum atomic E-state index is 6.79. The smallest absolute Gasteiger partial charge is 0.0456 e. The van der Waals surface area contributed by atoms with Crippen molar-refractivity contribution in [3.05, 3.63) is 70.3 Å². The van der Waals surface area contributed by atoms with Gasteiger partial charge in [0.25, 0.3) is 0 Å². The minimum absolute atomic E-state index is 0.0128. The van der Waals surface area contributed by atoms with Crippen LogP contribution in [0.15, 0.2) is 54.1 Å². The highest BCUT2D eigenvalue weighted by molar-refractivity contribution is 6.32. The molecule has 2 aliphatic rings. The third kappa shape index (κ3) is 2.19. The van der Waals surface area contributed by atoms with Crippen LogP contribution in [0.5, 0.6) is 0 Å². The van der Waals surface area contributed by atoms with Gasteiger partial charge in [-0.3, -0.25) is 0 Å². The highest BCUT2D eigenvalue weighted by Gasteiger charge is 2.48. The topological polar surface area (TPSA) is 0 Å². The van der Waals surface area contributed by atoms with E-state index in [4.69, 9.17) is 11.6 Å². The fourth-order valence-corrected chi connectivity index (χ4v) is 5.22. The van der Waals surface area contributed by atoms with Gasteiger partial charge in [0.05, 0.1) is 0 Å². The Bertz CT molecular complexity index is 815. The highest BCUT2D eigenvalue weighted by atomic mass is 35.5. The molecule has 124 valence electrons. The van der Waals surface area contributed by atoms with Crippen LogP contribution in [0.3, 0.4) is 0 Å². The van der Waals surface area contributed by atoms with Crippen molar-refractivity contribution in [1.82, 2.24) is 0 Å². The second-order valence-electron chi connectivity index (χ2n) is 7.90. The van der Waals surface area contributed by atoms with Crippen molar-refractivity contribution in [1.29, 1.82) is 0 Å². The van der Waals surface area contributed by atoms with Crippen LogP contribution in [0, 0.1) is 11.8 Å². The molecule has 0 nitrogen and oxygen atoms in total. The van der Waals surface area contributed by atoms with E-state index in [-0.39, 0.29) is 5.41 Å². The fourth-order valence-electron chi connectivity index (χ4n) is 4.89. The van der Waals surface area contributed by atoms with Gasteiger partial charge < -0.3 is 0 Å². The summed E-state index contributed by atoms with van der Waals surface area (Å²) in [6.07, 6.45) is 6.11. The molecule has 2 atom stereocenters. The molecule has 24 heavy (non-hydrogen) atoms. The minimum Gasteiger partial charge on any atom is -0.0840 e. The molecule has 2 aromatic carbocycles. The largest absolute Gasteiger partial charge is 0.0840 e. The molecule has 2 aliphatic carbocycles. The number of benzene rings is 2. The van der Waals surface area contributed by atoms with E-state index in [1.54, 1.807) is 5.57 Å². The van der Waals surface area contributed by atoms with Crippen LogP contribution in [-0.4, -0.2) is 0 Å². The predicted octanol–water partition coefficient (Wildman–Crippen LogP) is 7.01. The lowest BCUT2D eigenvalue weighted by Gasteiger charge is -2.42. The molecule has 0 N–H and O–H groups in total. The van der Waals surface area contributed by atoms with Crippen LogP contribution in [0.4, 0.5) is 0 Å². The molecular formula is C23H25Cl. The lowest BCUT2D eigenvalue weighted by molar-refractivity contribution is 0.363. The molecule has 1 heteroatoms. The second-order valence-corrected chi connectivity index (χ2v) is 8.30. The van der Waals surface area contributed by atoms with Crippen LogP contribution in [-0.2, 0) is 5.41 Å². The van der Waals surface area contributed by atoms with Crippen molar-refractivity contribution in [2.75, 3.05) is 0 Å². The van der Waals surface area contributed by atoms with Crippen LogP contribution in [0.2, 0.25) is 5.02 Å². The Kier molecular flexibility index (Phi) is 3.84. The quantitative estimate of drug-likeness (QED) is 0.491. The van der Waals surface area contributed by atoms with E-state index in [1.807, 2.05) is 0 Å². The Labute approximate surface area is 150 Å². The first-order valence-electron chi connectivity index (χ1n) is 9.14. The summed E-state index contributed by atoms with van der Waals surface area (Å²) in [6.45, 7) is 6.96. The molecule has 1 spiro atoms. The van der Waals surface area contributed by atoms with E-state index < -0.39 is 0 Å². The molecule has 0 aromatic heterocycles. The summed E-state index contributed by atoms with van der Waals surface area (Å²) in [5, 5.41) is 0.924. The van der Waals surface area contributed by atoms with E-state index in [0.29, 0.717) is 5.92 Å². The molecule has 1 saturated carbocycles. The van der Waals surface area contributed by atoms with Crippen LogP contribution >= 0.6 is 11.6 Å². The summed E-state index contributed by atoms with van der Waals surface area (Å²) in [5.41, 5.74) is 7.09. The van der Waals surface area contributed by atoms with Crippen molar-refractivity contribution in [3.63, 3.8) is 0 Å². The van der Waals surface area contributed by atoms with Gasteiger partial charge in [-0.25, -0.2) is 0 Å². The van der Waals surface area contributed by atoms with E-state index >= 15 is 0 Å². The number of hydrogen-bond donors (Lipinski definition) is 0. The van der Waals surface area contributed by atoms with Gasteiger partial charge in [0.15, 0.2) is 0 Å². The molecule has 0 heterocycles. The standard InChI is InChI=1S/C23H25Cl/c1-15(2)13-17-14-16(3)11-12-23(17)20-9-5-4-7-18(20)19-8-6-10-21(24)22(19)23/h4-10,13,15-16H,11-12,14H2,1-3H3/b17-13+. The van der Waals surface area contributed by atoms with Crippen molar-refractivity contribution in [2.45, 2.75) is 45.4 Å². The average Bonchev–Trinajstić information content (AvgIpc) is 2.84. The Hall–Kier alpha value is -1.53. The predicted molar refractivity (Wildman–Crippen MR) is 104 cm³/mol. The lowest BCUT2D eigenvalue weighted by atomic mass is 9.62. The zero-order valence-corrected chi connectivity index (χ0v) is 15.5. The summed E-state index contributed by atoms with van der Waals surface area (Å²) < 4.78 is 0. The molecule has 1 fully saturated rings. The van der Waals surface area contributed by atoms with E-state index in [0.717, 1.165) is 10.9 Å². The average molecular weight is 337 g/mol. The van der Waals surface area contributed by atoms with E-state index in [9.17, 15) is 0 Å². The summed E-state index contributed by atoms with van der Waals surface area (Å²) in [7, 11) is 0. The van der Waals surface area contributed by atoms with Gasteiger partial charge in [-0.15, -0.1) is 0 Å². The number of hydrogen-bond acceptors (Lipinski definition) is 0. The second kappa shape index (κ2) is 5.77. The number of allylic oxidation sites excluding steroid dienone is 2. The van der Waals surface area contributed by atoms with Crippen LogP contribution in [0.25, 0.3) is 11.1 Å². The molecule has 0 aliphatic heterocycles. The van der Waals surface area contributed by atoms with Crippen molar-refractivity contribution in [2.24, 2.45) is 11.8 Å². The molecule has 0 radical (unpaired) electrons. The van der Waals surface area contributed by atoms with Gasteiger partial charge in [-0.2, -0.15) is 0 Å². The number of fused-ring (bicyclic) bond motifs is 5. The van der Waals surface area contributed by atoms with E-state index in [2.05, 4.69) is 69.3 Å². The highest BCUT2D eigenvalue weighted by Crippen LogP contribution is 2.60. The summed E-state index contributed by atoms with van der Waals surface area (Å²) in [6, 6.07) is 15.3. The Balaban J connectivity index is 2.06. The fraction of sp³-hybridized carbons (Fsp3) is 0.391. The maximum Gasteiger partial charge on any atom is 0.0456 e. The zero-order valence-electron chi connectivity index (χ0n) is 14.8. The summed E-state index contributed by atoms with van der Waals surface area (Å²) in [4.78, 5) is 0. The monoisotopic (exact) mass is 336 g/mol. The molecule has 0 saturated heterocycles. The molecule has 2 unspecified atom stereocenters. The Morgan fingerprint density at radius 1 is 1.08 bits per heavy atom. The van der Waals surface area contributed by atoms with Crippen molar-refractivity contribution >= 4 is 11.6 Å². The van der Waals surface area contributed by atoms with Gasteiger partial charge >= 0.3 is 0 Å². The lowest BCUT2D eigenvalue weighted by Crippen LogP contribution is -2.34. The maximum absolute atomic E-state index is 6.79. The molecule has 0 bridgehead atoms. The first kappa shape index (κ1) is 16.0. The first-order valence-corrected chi connectivity index (χ1v) is 9.52. The zero-order chi connectivity index (χ0) is 16.9. The van der Waals surface area contributed by atoms with Crippen molar-refractivity contribution in [3.8, 4) is 11.1 Å². The normalized spacial score (nSPS) is 26.9. The minimum atomic E-state index is -0.0128. The third-order valence-electron chi connectivity index (χ3n) is 5.78. The van der Waals surface area contributed by atoms with Crippen LogP contribution < -0.4 is 0 Å². The summed E-state index contributed by atoms with van der Waals surface area (Å²) >= 11 is 6.79. The third-order valence-corrected chi connectivity index (χ3v) is 6.10. The van der Waals surface area contributed by atoms with Gasteiger partial charge in [-0.05, 0) is 59.4 Å². The van der Waals surface area contributed by atoms with Gasteiger partial charge in [0, 0.05) is 10.4 Å². The molecule has 2 aromatic rings. The molecular weight excluding hydrogens is 312 g/mol. The van der Waals surface area contributed by atoms with Gasteiger partial charge in [0.2, 0.25) is 0 Å². The van der Waals surface area contributed by atoms with Crippen molar-refractivity contribution < 1.29 is 0 Å². The van der Waals surface area contributed by atoms with Crippen LogP contribution in [0.1, 0.15) is 51.2 Å². The Morgan fingerprint density at radius 3 is 2.62 bits per heavy atom.